The summed E-state index contributed by atoms with van der Waals surface area (Å²) in [4.78, 5) is 4.07. The minimum Gasteiger partial charge on any atom is -0.375 e. The van der Waals surface area contributed by atoms with Crippen LogP contribution in [0.3, 0.4) is 0 Å². The largest absolute Gasteiger partial charge is 0.375 e. The number of fused-ring (bicyclic) bond motifs is 1. The van der Waals surface area contributed by atoms with Gasteiger partial charge in [0.2, 0.25) is 10.0 Å². The molecule has 4 rings (SSSR count). The van der Waals surface area contributed by atoms with E-state index in [1.807, 2.05) is 30.8 Å². The molecule has 0 aromatic heterocycles. The number of hydrogen-bond donors (Lipinski definition) is 0. The van der Waals surface area contributed by atoms with Gasteiger partial charge in [0.25, 0.3) is 0 Å². The van der Waals surface area contributed by atoms with Crippen molar-refractivity contribution in [1.82, 2.24) is 9.21 Å². The fourth-order valence-corrected chi connectivity index (χ4v) is 6.16. The monoisotopic (exact) mass is 486 g/mol. The highest BCUT2D eigenvalue weighted by atomic mass is 32.2. The molecule has 1 atom stereocenters. The van der Waals surface area contributed by atoms with Crippen LogP contribution >= 0.6 is 0 Å². The van der Waals surface area contributed by atoms with Crippen LogP contribution in [0.4, 0.5) is 10.1 Å². The van der Waals surface area contributed by atoms with Crippen LogP contribution in [0.15, 0.2) is 35.2 Å². The summed E-state index contributed by atoms with van der Waals surface area (Å²) in [7, 11) is 0.190. The number of ether oxygens (including phenoxy) is 1. The van der Waals surface area contributed by atoms with E-state index in [9.17, 15) is 18.1 Å². The molecule has 1 unspecified atom stereocenters. The van der Waals surface area contributed by atoms with Gasteiger partial charge in [0.15, 0.2) is 0 Å². The van der Waals surface area contributed by atoms with E-state index >= 15 is 0 Å². The van der Waals surface area contributed by atoms with E-state index in [1.165, 1.54) is 16.4 Å². The molecule has 0 bridgehead atoms. The first-order valence-corrected chi connectivity index (χ1v) is 13.0. The van der Waals surface area contributed by atoms with Crippen molar-refractivity contribution in [3.05, 3.63) is 58.4 Å². The summed E-state index contributed by atoms with van der Waals surface area (Å²) in [5.74, 6) is -0.273. The summed E-state index contributed by atoms with van der Waals surface area (Å²) in [6.45, 7) is 4.89. The van der Waals surface area contributed by atoms with E-state index in [2.05, 4.69) is 6.07 Å². The van der Waals surface area contributed by atoms with Gasteiger partial charge in [-0.2, -0.15) is 9.57 Å². The summed E-state index contributed by atoms with van der Waals surface area (Å²) in [6, 6.07) is 10.0. The Balaban J connectivity index is 1.56. The molecule has 0 amide bonds. The number of halogens is 1. The summed E-state index contributed by atoms with van der Waals surface area (Å²) in [5.41, 5.74) is 3.55. The number of aryl methyl sites for hydroxylation is 1. The van der Waals surface area contributed by atoms with Gasteiger partial charge in [0, 0.05) is 38.3 Å². The molecule has 2 aromatic carbocycles. The lowest BCUT2D eigenvalue weighted by molar-refractivity contribution is 0.0539. The average Bonchev–Trinajstić information content (AvgIpc) is 3.30. The molecule has 0 N–H and O–H groups in total. The van der Waals surface area contributed by atoms with Crippen molar-refractivity contribution in [2.24, 2.45) is 0 Å². The molecule has 34 heavy (non-hydrogen) atoms. The van der Waals surface area contributed by atoms with Gasteiger partial charge < -0.3 is 14.5 Å². The minimum absolute atomic E-state index is 0.127. The van der Waals surface area contributed by atoms with Gasteiger partial charge in [-0.15, -0.1) is 0 Å². The summed E-state index contributed by atoms with van der Waals surface area (Å²) in [6.07, 6.45) is 1.16. The molecule has 2 heterocycles. The Morgan fingerprint density at radius 3 is 2.74 bits per heavy atom. The molecule has 2 aliphatic heterocycles. The molecule has 0 radical (unpaired) electrons. The Kier molecular flexibility index (Phi) is 7.24. The quantitative estimate of drug-likeness (QED) is 0.599. The second-order valence-corrected chi connectivity index (χ2v) is 11.2. The first-order valence-electron chi connectivity index (χ1n) is 11.5. The van der Waals surface area contributed by atoms with Gasteiger partial charge >= 0.3 is 0 Å². The smallest absolute Gasteiger partial charge is 0.243 e. The fourth-order valence-electron chi connectivity index (χ4n) is 4.65. The highest BCUT2D eigenvalue weighted by Gasteiger charge is 2.34. The molecular formula is C25H31FN4O3S. The van der Waals surface area contributed by atoms with Crippen molar-refractivity contribution in [3.8, 4) is 6.07 Å². The van der Waals surface area contributed by atoms with Gasteiger partial charge in [-0.25, -0.2) is 12.8 Å². The first-order chi connectivity index (χ1) is 16.2. The van der Waals surface area contributed by atoms with Crippen LogP contribution in [0.25, 0.3) is 0 Å². The highest BCUT2D eigenvalue weighted by Crippen LogP contribution is 2.33. The number of benzene rings is 2. The maximum absolute atomic E-state index is 14.6. The van der Waals surface area contributed by atoms with Gasteiger partial charge in [0.1, 0.15) is 11.9 Å². The van der Waals surface area contributed by atoms with Crippen molar-refractivity contribution >= 4 is 15.7 Å². The molecule has 2 aliphatic rings. The Morgan fingerprint density at radius 1 is 1.21 bits per heavy atom. The number of nitriles is 1. The minimum atomic E-state index is -3.74. The van der Waals surface area contributed by atoms with Crippen LogP contribution in [-0.2, 0) is 27.7 Å². The summed E-state index contributed by atoms with van der Waals surface area (Å²) in [5, 5.41) is 9.67. The maximum Gasteiger partial charge on any atom is 0.243 e. The Hall–Kier alpha value is -2.51. The lowest BCUT2D eigenvalue weighted by Crippen LogP contribution is -2.33. The third-order valence-electron chi connectivity index (χ3n) is 6.66. The number of rotatable bonds is 7. The summed E-state index contributed by atoms with van der Waals surface area (Å²) < 4.78 is 48.6. The van der Waals surface area contributed by atoms with Crippen molar-refractivity contribution < 1.29 is 17.5 Å². The highest BCUT2D eigenvalue weighted by molar-refractivity contribution is 7.89. The van der Waals surface area contributed by atoms with E-state index in [0.29, 0.717) is 62.4 Å². The van der Waals surface area contributed by atoms with Crippen LogP contribution in [0.1, 0.15) is 28.7 Å². The van der Waals surface area contributed by atoms with Gasteiger partial charge in [-0.05, 0) is 69.3 Å². The Morgan fingerprint density at radius 2 is 2.00 bits per heavy atom. The van der Waals surface area contributed by atoms with Gasteiger partial charge in [-0.3, -0.25) is 0 Å². The second kappa shape index (κ2) is 10.0. The SMILES string of the molecule is Cc1ccc(F)c2c1CCN(c1cc(S(=O)(=O)N3CCC(OCCN(C)C)C3)ccc1C#N)C2. The molecular weight excluding hydrogens is 455 g/mol. The number of nitrogens with zero attached hydrogens (tertiary/aromatic N) is 4. The van der Waals surface area contributed by atoms with Crippen LogP contribution in [0.5, 0.6) is 0 Å². The predicted octanol–water partition coefficient (Wildman–Crippen LogP) is 2.91. The van der Waals surface area contributed by atoms with E-state index in [1.54, 1.807) is 18.2 Å². The fraction of sp³-hybridized carbons (Fsp3) is 0.480. The van der Waals surface area contributed by atoms with Gasteiger partial charge in [0.05, 0.1) is 28.9 Å². The van der Waals surface area contributed by atoms with Gasteiger partial charge in [-0.1, -0.05) is 6.07 Å². The third kappa shape index (κ3) is 4.96. The van der Waals surface area contributed by atoms with Crippen molar-refractivity contribution in [2.75, 3.05) is 51.8 Å². The summed E-state index contributed by atoms with van der Waals surface area (Å²) >= 11 is 0. The number of likely N-dealkylation sites (N-methyl/N-ethyl adjacent to an activating group) is 1. The number of sulfonamides is 1. The standard InChI is InChI=1S/C25H31FN4O3S/c1-18-4-7-24(26)23-17-29(10-9-22(18)23)25-14-21(6-5-19(25)15-27)34(31,32)30-11-8-20(16-30)33-13-12-28(2)3/h4-7,14,20H,8-13,16-17H2,1-3H3. The van der Waals surface area contributed by atoms with Crippen LogP contribution < -0.4 is 4.90 Å². The van der Waals surface area contributed by atoms with Crippen LogP contribution in [-0.4, -0.2) is 70.6 Å². The molecule has 1 saturated heterocycles. The molecule has 7 nitrogen and oxygen atoms in total. The number of hydrogen-bond acceptors (Lipinski definition) is 6. The van der Waals surface area contributed by atoms with Crippen molar-refractivity contribution in [2.45, 2.75) is 37.3 Å². The predicted molar refractivity (Wildman–Crippen MR) is 129 cm³/mol. The first kappa shape index (κ1) is 24.6. The van der Waals surface area contributed by atoms with Crippen molar-refractivity contribution in [1.29, 1.82) is 5.26 Å². The third-order valence-corrected chi connectivity index (χ3v) is 8.52. The molecule has 0 spiro atoms. The Bertz CT molecular complexity index is 1210. The zero-order chi connectivity index (χ0) is 24.5. The zero-order valence-electron chi connectivity index (χ0n) is 19.9. The number of anilines is 1. The topological polar surface area (TPSA) is 76.9 Å². The van der Waals surface area contributed by atoms with E-state index in [0.717, 1.165) is 17.7 Å². The maximum atomic E-state index is 14.6. The van der Waals surface area contributed by atoms with Crippen molar-refractivity contribution in [3.63, 3.8) is 0 Å². The molecule has 182 valence electrons. The van der Waals surface area contributed by atoms with Crippen LogP contribution in [0.2, 0.25) is 0 Å². The zero-order valence-corrected chi connectivity index (χ0v) is 20.7. The lowest BCUT2D eigenvalue weighted by Gasteiger charge is -2.32. The lowest BCUT2D eigenvalue weighted by atomic mass is 9.94. The van der Waals surface area contributed by atoms with E-state index in [4.69, 9.17) is 4.74 Å². The normalized spacial score (nSPS) is 18.8. The van der Waals surface area contributed by atoms with Crippen LogP contribution in [0, 0.1) is 24.1 Å². The molecule has 9 heteroatoms. The second-order valence-electron chi connectivity index (χ2n) is 9.23. The molecule has 0 aliphatic carbocycles. The molecule has 0 saturated carbocycles. The average molecular weight is 487 g/mol. The Labute approximate surface area is 201 Å². The molecule has 1 fully saturated rings. The van der Waals surface area contributed by atoms with E-state index in [-0.39, 0.29) is 16.8 Å². The molecule has 2 aromatic rings. The van der Waals surface area contributed by atoms with E-state index < -0.39 is 10.0 Å².